The van der Waals surface area contributed by atoms with Gasteiger partial charge in [0, 0.05) is 31.1 Å². The molecule has 3 aliphatic rings. The molecule has 2 fully saturated rings. The van der Waals surface area contributed by atoms with E-state index < -0.39 is 6.04 Å². The molecule has 34 heavy (non-hydrogen) atoms. The first-order valence-electron chi connectivity index (χ1n) is 11.6. The van der Waals surface area contributed by atoms with E-state index in [2.05, 4.69) is 29.2 Å². The summed E-state index contributed by atoms with van der Waals surface area (Å²) >= 11 is 1.74. The van der Waals surface area contributed by atoms with Gasteiger partial charge in [-0.1, -0.05) is 36.4 Å². The second-order valence-corrected chi connectivity index (χ2v) is 10.2. The van der Waals surface area contributed by atoms with Gasteiger partial charge < -0.3 is 0 Å². The third-order valence-corrected chi connectivity index (χ3v) is 8.23. The Morgan fingerprint density at radius 3 is 2.65 bits per heavy atom. The fraction of sp³-hybridized carbons (Fsp3) is 0.308. The minimum absolute atomic E-state index is 0.186. The lowest BCUT2D eigenvalue weighted by Crippen LogP contribution is -2.52. The number of amides is 3. The summed E-state index contributed by atoms with van der Waals surface area (Å²) in [5.41, 5.74) is 4.63. The van der Waals surface area contributed by atoms with Crippen LogP contribution in [-0.4, -0.2) is 49.9 Å². The maximum absolute atomic E-state index is 13.4. The first-order valence-corrected chi connectivity index (χ1v) is 12.5. The van der Waals surface area contributed by atoms with Gasteiger partial charge in [-0.2, -0.15) is 0 Å². The lowest BCUT2D eigenvalue weighted by atomic mass is 9.94. The average molecular weight is 566 g/mol. The van der Waals surface area contributed by atoms with Crippen molar-refractivity contribution in [2.24, 2.45) is 0 Å². The van der Waals surface area contributed by atoms with Crippen molar-refractivity contribution in [2.75, 3.05) is 18.0 Å². The van der Waals surface area contributed by atoms with E-state index in [-0.39, 0.29) is 24.1 Å². The number of imide groups is 1. The highest BCUT2D eigenvalue weighted by Crippen LogP contribution is 2.43. The summed E-state index contributed by atoms with van der Waals surface area (Å²) in [6.45, 7) is 2.89. The minimum atomic E-state index is -0.670. The summed E-state index contributed by atoms with van der Waals surface area (Å²) in [7, 11) is 0. The molecule has 6 rings (SSSR count). The van der Waals surface area contributed by atoms with Crippen LogP contribution in [0.5, 0.6) is 0 Å². The number of anilines is 1. The molecule has 3 amide bonds. The van der Waals surface area contributed by atoms with Crippen LogP contribution in [0.2, 0.25) is 0 Å². The Hall–Kier alpha value is -2.85. The largest absolute Gasteiger partial charge is 0.298 e. The van der Waals surface area contributed by atoms with Gasteiger partial charge in [-0.25, -0.2) is 3.11 Å². The number of nitrogens with zero attached hydrogens (tertiary/aromatic N) is 4. The van der Waals surface area contributed by atoms with Crippen molar-refractivity contribution in [1.82, 2.24) is 13.0 Å². The predicted molar refractivity (Wildman–Crippen MR) is 137 cm³/mol. The van der Waals surface area contributed by atoms with Crippen LogP contribution in [0.4, 0.5) is 5.69 Å². The number of benzene rings is 2. The highest BCUT2D eigenvalue weighted by Gasteiger charge is 2.44. The molecule has 2 unspecified atom stereocenters. The molecule has 2 saturated heterocycles. The van der Waals surface area contributed by atoms with Gasteiger partial charge in [0.15, 0.2) is 0 Å². The molecule has 0 bridgehead atoms. The molecule has 0 radical (unpaired) electrons. The fourth-order valence-corrected chi connectivity index (χ4v) is 6.14. The molecule has 2 aromatic carbocycles. The zero-order valence-corrected chi connectivity index (χ0v) is 20.6. The molecule has 3 aromatic rings. The topological polar surface area (TPSA) is 73.8 Å². The number of carbonyl (C=O) groups excluding carboxylic acids is 3. The zero-order chi connectivity index (χ0) is 23.4. The zero-order valence-electron chi connectivity index (χ0n) is 18.5. The molecule has 3 aliphatic heterocycles. The number of piperidine rings is 1. The molecule has 8 heteroatoms. The van der Waals surface area contributed by atoms with E-state index in [4.69, 9.17) is 4.98 Å². The van der Waals surface area contributed by atoms with Crippen LogP contribution in [0.3, 0.4) is 0 Å². The Morgan fingerprint density at radius 1 is 1.00 bits per heavy atom. The van der Waals surface area contributed by atoms with Crippen molar-refractivity contribution < 1.29 is 14.4 Å². The van der Waals surface area contributed by atoms with E-state index in [1.807, 2.05) is 24.3 Å². The molecule has 0 spiro atoms. The van der Waals surface area contributed by atoms with Crippen LogP contribution in [-0.2, 0) is 16.1 Å². The van der Waals surface area contributed by atoms with Gasteiger partial charge >= 0.3 is 0 Å². The standard InChI is InChI=1S/C26H23IN4O3/c27-31-22(32)9-8-21(26(31)34)30-20-10-12-28-24-18(6-7-19(23(20)24)25(30)33)17-11-13-29(15-17)14-16-4-2-1-3-5-16/h1-7,10,12,17,21H,8-9,11,13-15H2. The summed E-state index contributed by atoms with van der Waals surface area (Å²) in [5, 5.41) is 0.830. The molecule has 2 atom stereocenters. The SMILES string of the molecule is O=C1CCC(N2C(=O)c3ccc(C4CCN(Cc5ccccc5)C4)c4nccc2c34)C(=O)N1I. The first kappa shape index (κ1) is 21.7. The number of hydrogen-bond acceptors (Lipinski definition) is 5. The van der Waals surface area contributed by atoms with Crippen molar-refractivity contribution in [2.45, 2.75) is 37.8 Å². The van der Waals surface area contributed by atoms with E-state index in [1.54, 1.807) is 34.0 Å². The molecule has 1 aromatic heterocycles. The van der Waals surface area contributed by atoms with Crippen molar-refractivity contribution in [3.8, 4) is 0 Å². The van der Waals surface area contributed by atoms with Gasteiger partial charge in [-0.3, -0.25) is 29.2 Å². The lowest BCUT2D eigenvalue weighted by Gasteiger charge is -2.32. The highest BCUT2D eigenvalue weighted by atomic mass is 127. The van der Waals surface area contributed by atoms with Gasteiger partial charge in [-0.15, -0.1) is 0 Å². The minimum Gasteiger partial charge on any atom is -0.298 e. The van der Waals surface area contributed by atoms with Gasteiger partial charge in [0.1, 0.15) is 6.04 Å². The number of pyridine rings is 1. The van der Waals surface area contributed by atoms with Crippen LogP contribution < -0.4 is 4.90 Å². The Labute approximate surface area is 211 Å². The number of aromatic nitrogens is 1. The maximum atomic E-state index is 13.4. The lowest BCUT2D eigenvalue weighted by molar-refractivity contribution is -0.140. The third-order valence-electron chi connectivity index (χ3n) is 7.21. The van der Waals surface area contributed by atoms with E-state index in [0.717, 1.165) is 51.3 Å². The second kappa shape index (κ2) is 8.42. The molecule has 4 heterocycles. The monoisotopic (exact) mass is 566 g/mol. The Balaban J connectivity index is 1.33. The van der Waals surface area contributed by atoms with Crippen LogP contribution >= 0.6 is 22.9 Å². The molecular weight excluding hydrogens is 543 g/mol. The van der Waals surface area contributed by atoms with Crippen molar-refractivity contribution in [1.29, 1.82) is 0 Å². The van der Waals surface area contributed by atoms with Crippen molar-refractivity contribution in [3.05, 3.63) is 71.4 Å². The molecule has 0 saturated carbocycles. The Morgan fingerprint density at radius 2 is 1.82 bits per heavy atom. The van der Waals surface area contributed by atoms with Gasteiger partial charge in [0.2, 0.25) is 5.91 Å². The summed E-state index contributed by atoms with van der Waals surface area (Å²) in [6.07, 6.45) is 3.36. The van der Waals surface area contributed by atoms with E-state index in [9.17, 15) is 14.4 Å². The van der Waals surface area contributed by atoms with E-state index >= 15 is 0 Å². The van der Waals surface area contributed by atoms with Crippen LogP contribution in [0.1, 0.15) is 46.7 Å². The van der Waals surface area contributed by atoms with E-state index in [1.165, 1.54) is 5.56 Å². The second-order valence-electron chi connectivity index (χ2n) is 9.20. The fourth-order valence-electron chi connectivity index (χ4n) is 5.58. The van der Waals surface area contributed by atoms with Gasteiger partial charge in [-0.05, 0) is 48.6 Å². The number of carbonyl (C=O) groups is 3. The summed E-state index contributed by atoms with van der Waals surface area (Å²) < 4.78 is 1.12. The van der Waals surface area contributed by atoms with Crippen LogP contribution in [0.15, 0.2) is 54.7 Å². The number of likely N-dealkylation sites (tertiary alicyclic amines) is 1. The molecule has 172 valence electrons. The average Bonchev–Trinajstić information content (AvgIpc) is 3.43. The van der Waals surface area contributed by atoms with Gasteiger partial charge in [0.25, 0.3) is 11.8 Å². The van der Waals surface area contributed by atoms with Crippen LogP contribution in [0, 0.1) is 0 Å². The predicted octanol–water partition coefficient (Wildman–Crippen LogP) is 4.05. The number of halogens is 1. The molecule has 7 nitrogen and oxygen atoms in total. The maximum Gasteiger partial charge on any atom is 0.261 e. The molecule has 0 aliphatic carbocycles. The Bertz CT molecular complexity index is 1330. The quantitative estimate of drug-likeness (QED) is 0.271. The van der Waals surface area contributed by atoms with Crippen molar-refractivity contribution >= 4 is 57.2 Å². The summed E-state index contributed by atoms with van der Waals surface area (Å²) in [4.78, 5) is 47.0. The van der Waals surface area contributed by atoms with Gasteiger partial charge in [0.05, 0.1) is 39.6 Å². The number of hydrogen-bond donors (Lipinski definition) is 0. The normalized spacial score (nSPS) is 22.9. The van der Waals surface area contributed by atoms with Crippen LogP contribution in [0.25, 0.3) is 10.9 Å². The molecule has 0 N–H and O–H groups in total. The smallest absolute Gasteiger partial charge is 0.261 e. The number of rotatable bonds is 4. The summed E-state index contributed by atoms with van der Waals surface area (Å²) in [5.74, 6) is -0.400. The third kappa shape index (κ3) is 3.42. The Kier molecular flexibility index (Phi) is 5.37. The highest BCUT2D eigenvalue weighted by molar-refractivity contribution is 14.1. The van der Waals surface area contributed by atoms with Crippen molar-refractivity contribution in [3.63, 3.8) is 0 Å². The van der Waals surface area contributed by atoms with E-state index in [0.29, 0.717) is 17.9 Å². The molecular formula is C26H23IN4O3. The first-order chi connectivity index (χ1) is 16.5. The summed E-state index contributed by atoms with van der Waals surface area (Å²) in [6, 6.07) is 15.6.